The van der Waals surface area contributed by atoms with Crippen LogP contribution >= 0.6 is 0 Å². The van der Waals surface area contributed by atoms with Crippen LogP contribution in [0.3, 0.4) is 0 Å². The number of Topliss-reactive ketones (excluding diaryl/α,β-unsaturated/α-hetero) is 1. The Labute approximate surface area is 155 Å². The van der Waals surface area contributed by atoms with Crippen LogP contribution in [0.1, 0.15) is 63.0 Å². The number of fused-ring (bicyclic) bond motifs is 5. The van der Waals surface area contributed by atoms with Crippen molar-refractivity contribution in [3.8, 4) is 5.75 Å². The van der Waals surface area contributed by atoms with Gasteiger partial charge in [0, 0.05) is 11.8 Å². The quantitative estimate of drug-likeness (QED) is 0.764. The molecular formula is C22H28O4. The Morgan fingerprint density at radius 1 is 1.23 bits per heavy atom. The van der Waals surface area contributed by atoms with Crippen molar-refractivity contribution >= 4 is 11.8 Å². The summed E-state index contributed by atoms with van der Waals surface area (Å²) < 4.78 is 10.5. The fourth-order valence-electron chi connectivity index (χ4n) is 5.76. The lowest BCUT2D eigenvalue weighted by molar-refractivity contribution is -0.145. The van der Waals surface area contributed by atoms with Crippen LogP contribution < -0.4 is 4.74 Å². The summed E-state index contributed by atoms with van der Waals surface area (Å²) in [5, 5.41) is 0. The van der Waals surface area contributed by atoms with Crippen LogP contribution in [0, 0.1) is 17.3 Å². The van der Waals surface area contributed by atoms with E-state index in [9.17, 15) is 9.59 Å². The van der Waals surface area contributed by atoms with E-state index in [1.807, 2.05) is 6.07 Å². The van der Waals surface area contributed by atoms with Crippen LogP contribution in [0.5, 0.6) is 5.75 Å². The van der Waals surface area contributed by atoms with Crippen molar-refractivity contribution < 1.29 is 19.1 Å². The van der Waals surface area contributed by atoms with Crippen molar-refractivity contribution in [2.24, 2.45) is 17.3 Å². The Balaban J connectivity index is 1.51. The molecule has 3 aliphatic carbocycles. The van der Waals surface area contributed by atoms with Crippen molar-refractivity contribution in [1.82, 2.24) is 0 Å². The first-order chi connectivity index (χ1) is 12.5. The molecule has 4 heteroatoms. The highest BCUT2D eigenvalue weighted by atomic mass is 16.6. The molecule has 0 heterocycles. The summed E-state index contributed by atoms with van der Waals surface area (Å²) in [4.78, 5) is 23.9. The first-order valence-corrected chi connectivity index (χ1v) is 9.97. The van der Waals surface area contributed by atoms with Crippen molar-refractivity contribution in [3.05, 3.63) is 29.3 Å². The monoisotopic (exact) mass is 356 g/mol. The molecule has 0 saturated heterocycles. The number of aryl methyl sites for hydroxylation is 1. The SMILES string of the molecule is CCOC(=O)COc1ccc2c(c1)CCC1C2CC[C@]2(C)C(=O)CCC12. The summed E-state index contributed by atoms with van der Waals surface area (Å²) in [5.41, 5.74) is 2.72. The van der Waals surface area contributed by atoms with Crippen molar-refractivity contribution in [2.45, 2.75) is 58.3 Å². The van der Waals surface area contributed by atoms with E-state index in [-0.39, 0.29) is 18.0 Å². The molecule has 0 radical (unpaired) electrons. The number of carbonyl (C=O) groups is 2. The molecule has 0 aliphatic heterocycles. The molecule has 0 bridgehead atoms. The van der Waals surface area contributed by atoms with E-state index in [1.165, 1.54) is 11.1 Å². The molecule has 2 fully saturated rings. The zero-order valence-corrected chi connectivity index (χ0v) is 15.8. The van der Waals surface area contributed by atoms with Gasteiger partial charge in [0.2, 0.25) is 0 Å². The molecule has 4 nitrogen and oxygen atoms in total. The number of benzene rings is 1. The van der Waals surface area contributed by atoms with Gasteiger partial charge >= 0.3 is 5.97 Å². The third kappa shape index (κ3) is 2.83. The molecule has 26 heavy (non-hydrogen) atoms. The average Bonchev–Trinajstić information content (AvgIpc) is 2.95. The minimum Gasteiger partial charge on any atom is -0.482 e. The number of carbonyl (C=O) groups excluding carboxylic acids is 2. The summed E-state index contributed by atoms with van der Waals surface area (Å²) in [6.07, 6.45) is 6.18. The third-order valence-corrected chi connectivity index (χ3v) is 7.07. The smallest absolute Gasteiger partial charge is 0.344 e. The first-order valence-electron chi connectivity index (χ1n) is 9.97. The molecule has 0 N–H and O–H groups in total. The molecule has 4 rings (SSSR count). The maximum Gasteiger partial charge on any atom is 0.344 e. The summed E-state index contributed by atoms with van der Waals surface area (Å²) in [7, 11) is 0. The molecule has 0 amide bonds. The molecule has 0 spiro atoms. The van der Waals surface area contributed by atoms with E-state index in [0.29, 0.717) is 30.1 Å². The van der Waals surface area contributed by atoms with Crippen LogP contribution in [-0.2, 0) is 20.7 Å². The van der Waals surface area contributed by atoms with Gasteiger partial charge in [0.1, 0.15) is 11.5 Å². The van der Waals surface area contributed by atoms with Crippen LogP contribution in [-0.4, -0.2) is 25.0 Å². The fourth-order valence-corrected chi connectivity index (χ4v) is 5.76. The number of hydrogen-bond donors (Lipinski definition) is 0. The second-order valence-corrected chi connectivity index (χ2v) is 8.29. The Morgan fingerprint density at radius 2 is 2.08 bits per heavy atom. The second-order valence-electron chi connectivity index (χ2n) is 8.29. The summed E-state index contributed by atoms with van der Waals surface area (Å²) in [5.74, 6) is 2.67. The lowest BCUT2D eigenvalue weighted by atomic mass is 9.55. The van der Waals surface area contributed by atoms with Gasteiger partial charge in [-0.2, -0.15) is 0 Å². The van der Waals surface area contributed by atoms with Gasteiger partial charge in [-0.3, -0.25) is 4.79 Å². The first kappa shape index (κ1) is 17.6. The van der Waals surface area contributed by atoms with Crippen LogP contribution in [0.25, 0.3) is 0 Å². The van der Waals surface area contributed by atoms with Gasteiger partial charge in [-0.1, -0.05) is 13.0 Å². The average molecular weight is 356 g/mol. The maximum atomic E-state index is 12.4. The van der Waals surface area contributed by atoms with Crippen molar-refractivity contribution in [2.75, 3.05) is 13.2 Å². The van der Waals surface area contributed by atoms with Crippen molar-refractivity contribution in [1.29, 1.82) is 0 Å². The third-order valence-electron chi connectivity index (χ3n) is 7.07. The lowest BCUT2D eigenvalue weighted by Gasteiger charge is -2.48. The number of hydrogen-bond acceptors (Lipinski definition) is 4. The van der Waals surface area contributed by atoms with Gasteiger partial charge in [-0.25, -0.2) is 4.79 Å². The molecule has 3 aliphatic rings. The Hall–Kier alpha value is -1.84. The zero-order valence-electron chi connectivity index (χ0n) is 15.8. The molecule has 1 aromatic carbocycles. The van der Waals surface area contributed by atoms with Crippen molar-refractivity contribution in [3.63, 3.8) is 0 Å². The second kappa shape index (κ2) is 6.71. The number of esters is 1. The number of ether oxygens (including phenoxy) is 2. The molecule has 0 aromatic heterocycles. The van der Waals surface area contributed by atoms with E-state index in [2.05, 4.69) is 19.1 Å². The van der Waals surface area contributed by atoms with E-state index < -0.39 is 0 Å². The van der Waals surface area contributed by atoms with Gasteiger partial charge in [-0.15, -0.1) is 0 Å². The molecule has 140 valence electrons. The van der Waals surface area contributed by atoms with E-state index in [1.54, 1.807) is 6.92 Å². The molecule has 2 saturated carbocycles. The molecule has 4 atom stereocenters. The molecule has 1 aromatic rings. The topological polar surface area (TPSA) is 52.6 Å². The van der Waals surface area contributed by atoms with E-state index in [4.69, 9.17) is 9.47 Å². The standard InChI is InChI=1S/C22H28O4/c1-3-25-21(24)13-26-15-5-7-16-14(12-15)4-6-18-17(16)10-11-22(2)19(18)8-9-20(22)23/h5,7,12,17-19H,3-4,6,8-11,13H2,1-2H3/t17?,18?,19?,22-/m0/s1. The maximum absolute atomic E-state index is 12.4. The number of ketones is 1. The van der Waals surface area contributed by atoms with Gasteiger partial charge in [-0.05, 0) is 80.0 Å². The van der Waals surface area contributed by atoms with Gasteiger partial charge in [0.05, 0.1) is 6.61 Å². The van der Waals surface area contributed by atoms with Crippen LogP contribution in [0.15, 0.2) is 18.2 Å². The van der Waals surface area contributed by atoms with Crippen LogP contribution in [0.2, 0.25) is 0 Å². The summed E-state index contributed by atoms with van der Waals surface area (Å²) in [6, 6.07) is 6.26. The Bertz CT molecular complexity index is 725. The normalized spacial score (nSPS) is 32.4. The van der Waals surface area contributed by atoms with Gasteiger partial charge in [0.15, 0.2) is 6.61 Å². The summed E-state index contributed by atoms with van der Waals surface area (Å²) >= 11 is 0. The highest BCUT2D eigenvalue weighted by Gasteiger charge is 2.54. The molecular weight excluding hydrogens is 328 g/mol. The highest BCUT2D eigenvalue weighted by molar-refractivity contribution is 5.87. The lowest BCUT2D eigenvalue weighted by Crippen LogP contribution is -2.42. The Morgan fingerprint density at radius 3 is 2.88 bits per heavy atom. The van der Waals surface area contributed by atoms with Gasteiger partial charge in [0.25, 0.3) is 0 Å². The predicted molar refractivity (Wildman–Crippen MR) is 98.2 cm³/mol. The molecule has 3 unspecified atom stereocenters. The van der Waals surface area contributed by atoms with E-state index in [0.717, 1.165) is 44.3 Å². The number of rotatable bonds is 4. The largest absolute Gasteiger partial charge is 0.482 e. The minimum absolute atomic E-state index is 0.0405. The van der Waals surface area contributed by atoms with E-state index >= 15 is 0 Å². The minimum atomic E-state index is -0.331. The van der Waals surface area contributed by atoms with Crippen LogP contribution in [0.4, 0.5) is 0 Å². The predicted octanol–water partition coefficient (Wildman–Crippen LogP) is 4.05. The highest BCUT2D eigenvalue weighted by Crippen LogP contribution is 2.59. The Kier molecular flexibility index (Phi) is 4.54. The fraction of sp³-hybridized carbons (Fsp3) is 0.636. The van der Waals surface area contributed by atoms with Gasteiger partial charge < -0.3 is 9.47 Å². The zero-order chi connectivity index (χ0) is 18.3. The summed E-state index contributed by atoms with van der Waals surface area (Å²) in [6.45, 7) is 4.34.